The number of aliphatic carboxylic acids is 1. The number of ketones is 1. The maximum absolute atomic E-state index is 12.9. The number of imide groups is 1. The fourth-order valence-corrected chi connectivity index (χ4v) is 3.37. The van der Waals surface area contributed by atoms with Crippen molar-refractivity contribution < 1.29 is 33.8 Å². The Hall–Kier alpha value is -3.68. The number of likely N-dealkylation sites (tertiary alicyclic amines) is 1. The topological polar surface area (TPSA) is 110 Å². The summed E-state index contributed by atoms with van der Waals surface area (Å²) in [7, 11) is 0. The maximum Gasteiger partial charge on any atom is 0.417 e. The highest BCUT2D eigenvalue weighted by Gasteiger charge is 2.51. The van der Waals surface area contributed by atoms with E-state index in [0.29, 0.717) is 17.3 Å². The molecule has 32 heavy (non-hydrogen) atoms. The van der Waals surface area contributed by atoms with Crippen LogP contribution in [-0.2, 0) is 20.9 Å². The molecular formula is C24H25NO7. The Bertz CT molecular complexity index is 1010. The summed E-state index contributed by atoms with van der Waals surface area (Å²) in [5, 5.41) is 9.48. The van der Waals surface area contributed by atoms with E-state index < -0.39 is 41.3 Å². The molecule has 8 nitrogen and oxygen atoms in total. The average molecular weight is 439 g/mol. The van der Waals surface area contributed by atoms with Gasteiger partial charge in [0.15, 0.2) is 5.78 Å². The first-order valence-corrected chi connectivity index (χ1v) is 10.2. The minimum atomic E-state index is -1.46. The van der Waals surface area contributed by atoms with Crippen LogP contribution in [-0.4, -0.2) is 45.4 Å². The van der Waals surface area contributed by atoms with E-state index in [-0.39, 0.29) is 12.0 Å². The number of Topliss-reactive ketones (excluding diaryl/α,β-unsaturated/α-hetero) is 1. The van der Waals surface area contributed by atoms with Gasteiger partial charge in [0, 0.05) is 5.56 Å². The van der Waals surface area contributed by atoms with Crippen LogP contribution in [0.1, 0.15) is 43.1 Å². The van der Waals surface area contributed by atoms with E-state index in [4.69, 9.17) is 9.47 Å². The second-order valence-corrected chi connectivity index (χ2v) is 8.49. The van der Waals surface area contributed by atoms with E-state index in [0.717, 1.165) is 5.56 Å². The lowest BCUT2D eigenvalue weighted by atomic mass is 9.94. The van der Waals surface area contributed by atoms with Crippen LogP contribution in [0.4, 0.5) is 4.79 Å². The van der Waals surface area contributed by atoms with E-state index in [2.05, 4.69) is 0 Å². The summed E-state index contributed by atoms with van der Waals surface area (Å²) in [6.45, 7) is 5.17. The van der Waals surface area contributed by atoms with Crippen molar-refractivity contribution in [3.63, 3.8) is 0 Å². The quantitative estimate of drug-likeness (QED) is 0.540. The van der Waals surface area contributed by atoms with Gasteiger partial charge in [-0.3, -0.25) is 9.59 Å². The third-order valence-corrected chi connectivity index (χ3v) is 4.89. The molecule has 0 aliphatic carbocycles. The van der Waals surface area contributed by atoms with Gasteiger partial charge in [-0.15, -0.1) is 0 Å². The van der Waals surface area contributed by atoms with Crippen molar-refractivity contribution in [1.29, 1.82) is 0 Å². The third-order valence-electron chi connectivity index (χ3n) is 4.89. The van der Waals surface area contributed by atoms with Gasteiger partial charge in [0.25, 0.3) is 0 Å². The number of rotatable bonds is 6. The molecule has 2 amide bonds. The van der Waals surface area contributed by atoms with Gasteiger partial charge in [0.2, 0.25) is 5.91 Å². The van der Waals surface area contributed by atoms with Gasteiger partial charge >= 0.3 is 12.1 Å². The van der Waals surface area contributed by atoms with E-state index in [9.17, 15) is 24.3 Å². The number of nitrogens with zero attached hydrogens (tertiary/aromatic N) is 1. The van der Waals surface area contributed by atoms with Crippen molar-refractivity contribution in [2.24, 2.45) is 5.92 Å². The van der Waals surface area contributed by atoms with Crippen molar-refractivity contribution in [3.8, 4) is 5.75 Å². The monoisotopic (exact) mass is 439 g/mol. The Balaban J connectivity index is 1.71. The lowest BCUT2D eigenvalue weighted by molar-refractivity contribution is -0.145. The van der Waals surface area contributed by atoms with Gasteiger partial charge < -0.3 is 14.6 Å². The van der Waals surface area contributed by atoms with Crippen molar-refractivity contribution >= 4 is 23.8 Å². The molecule has 1 aliphatic rings. The first-order chi connectivity index (χ1) is 15.1. The number of carboxylic acids is 1. The van der Waals surface area contributed by atoms with Gasteiger partial charge in [-0.2, -0.15) is 0 Å². The number of carbonyl (C=O) groups excluding carboxylic acids is 3. The summed E-state index contributed by atoms with van der Waals surface area (Å²) in [6.07, 6.45) is -1.38. The van der Waals surface area contributed by atoms with Crippen LogP contribution in [0.15, 0.2) is 54.6 Å². The van der Waals surface area contributed by atoms with Crippen LogP contribution >= 0.6 is 0 Å². The first kappa shape index (κ1) is 23.0. The van der Waals surface area contributed by atoms with Crippen LogP contribution in [0.25, 0.3) is 0 Å². The number of ether oxygens (including phenoxy) is 2. The zero-order chi connectivity index (χ0) is 23.5. The number of benzene rings is 2. The van der Waals surface area contributed by atoms with E-state index >= 15 is 0 Å². The number of carboxylic acid groups (broad SMARTS) is 1. The van der Waals surface area contributed by atoms with Crippen molar-refractivity contribution in [2.45, 2.75) is 45.4 Å². The molecule has 1 heterocycles. The van der Waals surface area contributed by atoms with Gasteiger partial charge in [-0.25, -0.2) is 14.5 Å². The predicted octanol–water partition coefficient (Wildman–Crippen LogP) is 3.69. The predicted molar refractivity (Wildman–Crippen MR) is 114 cm³/mol. The first-order valence-electron chi connectivity index (χ1n) is 10.2. The zero-order valence-corrected chi connectivity index (χ0v) is 18.1. The average Bonchev–Trinajstić information content (AvgIpc) is 3.09. The van der Waals surface area contributed by atoms with Crippen LogP contribution in [0.3, 0.4) is 0 Å². The number of hydrogen-bond acceptors (Lipinski definition) is 6. The molecule has 1 N–H and O–H groups in total. The minimum Gasteiger partial charge on any atom is -0.489 e. The highest BCUT2D eigenvalue weighted by atomic mass is 16.6. The van der Waals surface area contributed by atoms with Crippen LogP contribution < -0.4 is 4.74 Å². The standard InChI is InChI=1S/C24H25NO7/c1-24(2,3)32-23(30)25-19(22(28)29)13-18(21(25)27)20(26)16-9-11-17(12-10-16)31-14-15-7-5-4-6-8-15/h4-12,18-19H,13-14H2,1-3H3,(H,28,29)/t18?,19-/m0/s1. The Labute approximate surface area is 185 Å². The second kappa shape index (κ2) is 9.21. The lowest BCUT2D eigenvalue weighted by Gasteiger charge is -2.25. The number of carbonyl (C=O) groups is 4. The molecule has 0 bridgehead atoms. The van der Waals surface area contributed by atoms with Gasteiger partial charge in [0.05, 0.1) is 0 Å². The molecule has 1 fully saturated rings. The van der Waals surface area contributed by atoms with E-state index in [1.165, 1.54) is 12.1 Å². The van der Waals surface area contributed by atoms with Gasteiger partial charge in [-0.05, 0) is 57.0 Å². The summed E-state index contributed by atoms with van der Waals surface area (Å²) in [4.78, 5) is 50.3. The molecule has 8 heteroatoms. The van der Waals surface area contributed by atoms with E-state index in [1.54, 1.807) is 32.9 Å². The van der Waals surface area contributed by atoms with Crippen molar-refractivity contribution in [3.05, 3.63) is 65.7 Å². The molecule has 1 saturated heterocycles. The summed E-state index contributed by atoms with van der Waals surface area (Å²) < 4.78 is 10.9. The third kappa shape index (κ3) is 5.32. The van der Waals surface area contributed by atoms with Gasteiger partial charge in [-0.1, -0.05) is 30.3 Å². The van der Waals surface area contributed by atoms with Crippen molar-refractivity contribution in [2.75, 3.05) is 0 Å². The second-order valence-electron chi connectivity index (χ2n) is 8.49. The molecule has 3 rings (SSSR count). The summed E-state index contributed by atoms with van der Waals surface area (Å²) in [6, 6.07) is 14.4. The smallest absolute Gasteiger partial charge is 0.417 e. The Morgan fingerprint density at radius 3 is 2.22 bits per heavy atom. The Morgan fingerprint density at radius 1 is 1.03 bits per heavy atom. The Kier molecular flexibility index (Phi) is 6.62. The fraction of sp³-hybridized carbons (Fsp3) is 0.333. The molecule has 1 aliphatic heterocycles. The summed E-state index contributed by atoms with van der Waals surface area (Å²) in [5.74, 6) is -3.53. The maximum atomic E-state index is 12.9. The molecule has 0 saturated carbocycles. The molecular weight excluding hydrogens is 414 g/mol. The molecule has 2 atom stereocenters. The van der Waals surface area contributed by atoms with Crippen molar-refractivity contribution in [1.82, 2.24) is 4.90 Å². The summed E-state index contributed by atoms with van der Waals surface area (Å²) in [5.41, 5.74) is 0.301. The number of amides is 2. The molecule has 2 aromatic rings. The summed E-state index contributed by atoms with van der Waals surface area (Å²) >= 11 is 0. The fourth-order valence-electron chi connectivity index (χ4n) is 3.37. The highest BCUT2D eigenvalue weighted by molar-refractivity contribution is 6.15. The zero-order valence-electron chi connectivity index (χ0n) is 18.1. The van der Waals surface area contributed by atoms with Gasteiger partial charge in [0.1, 0.15) is 29.9 Å². The van der Waals surface area contributed by atoms with Crippen LogP contribution in [0.2, 0.25) is 0 Å². The lowest BCUT2D eigenvalue weighted by Crippen LogP contribution is -2.46. The molecule has 1 unspecified atom stereocenters. The minimum absolute atomic E-state index is 0.227. The number of hydrogen-bond donors (Lipinski definition) is 1. The van der Waals surface area contributed by atoms with E-state index in [1.807, 2.05) is 30.3 Å². The molecule has 0 spiro atoms. The molecule has 0 radical (unpaired) electrons. The Morgan fingerprint density at radius 2 is 1.66 bits per heavy atom. The highest BCUT2D eigenvalue weighted by Crippen LogP contribution is 2.30. The van der Waals surface area contributed by atoms with Crippen LogP contribution in [0, 0.1) is 5.92 Å². The molecule has 168 valence electrons. The molecule has 2 aromatic carbocycles. The van der Waals surface area contributed by atoms with Crippen LogP contribution in [0.5, 0.6) is 5.75 Å². The SMILES string of the molecule is CC(C)(C)OC(=O)N1C(=O)C(C(=O)c2ccc(OCc3ccccc3)cc2)C[C@H]1C(=O)O. The largest absolute Gasteiger partial charge is 0.489 e. The normalized spacial score (nSPS) is 18.3. The molecule has 0 aromatic heterocycles.